The molecule has 2 atom stereocenters. The number of rotatable bonds is 10. The van der Waals surface area contributed by atoms with Gasteiger partial charge >= 0.3 is 0 Å². The molecule has 1 aliphatic carbocycles. The van der Waals surface area contributed by atoms with Crippen LogP contribution in [0.4, 0.5) is 0 Å². The highest BCUT2D eigenvalue weighted by molar-refractivity contribution is 6.07. The predicted molar refractivity (Wildman–Crippen MR) is 269 cm³/mol. The van der Waals surface area contributed by atoms with Gasteiger partial charge in [0.2, 0.25) is 0 Å². The fourth-order valence-electron chi connectivity index (χ4n) is 10.7. The standard InChI is InChI=1S/C60H48N6/c1-5-19-43(20-6-1)39-65(40-44-21-7-2-8-22-44)59-33-17-18-34-60(59,66(41-45-23-9-3-10-24-45)42-46-25-11-4-12-26-46)58-38-56-52-30-16-15-29-51(52)55(63-56)37-54-50-28-14-13-27-49(50)53(62-54)35-47-31-32-48(61-47)36-57(59)64-58/h1-38,61,63H,39-42H2. The third kappa shape index (κ3) is 6.90. The van der Waals surface area contributed by atoms with Gasteiger partial charge in [0.25, 0.3) is 0 Å². The van der Waals surface area contributed by atoms with E-state index in [-0.39, 0.29) is 0 Å². The lowest BCUT2D eigenvalue weighted by Gasteiger charge is -2.55. The molecule has 6 heteroatoms. The zero-order valence-corrected chi connectivity index (χ0v) is 36.6. The highest BCUT2D eigenvalue weighted by Crippen LogP contribution is 2.57. The van der Waals surface area contributed by atoms with E-state index in [1.807, 2.05) is 0 Å². The Morgan fingerprint density at radius 1 is 0.364 bits per heavy atom. The Bertz CT molecular complexity index is 3360. The second-order valence-electron chi connectivity index (χ2n) is 17.7. The first kappa shape index (κ1) is 39.7. The van der Waals surface area contributed by atoms with Crippen molar-refractivity contribution in [3.63, 3.8) is 0 Å². The monoisotopic (exact) mass is 852 g/mol. The van der Waals surface area contributed by atoms with Gasteiger partial charge in [-0.1, -0.05) is 194 Å². The number of aromatic nitrogens is 4. The van der Waals surface area contributed by atoms with Gasteiger partial charge in [-0.3, -0.25) is 14.8 Å². The Hall–Kier alpha value is -7.90. The SMILES string of the molecule is C1=CC2(N(Cc3ccccc3)Cc3ccccc3)c3cc4ccc(cc5nc(cc6[nH]c(cc(n3)C2(N(Cc2ccccc2)Cc2ccccc2)C=C1)c1ccccc61)-c1ccccc1-5)[nH]4. The predicted octanol–water partition coefficient (Wildman–Crippen LogP) is 13.4. The van der Waals surface area contributed by atoms with Gasteiger partial charge in [-0.25, -0.2) is 4.98 Å². The molecule has 3 aliphatic rings. The summed E-state index contributed by atoms with van der Waals surface area (Å²) in [6, 6.07) is 74.2. The maximum atomic E-state index is 6.01. The lowest BCUT2D eigenvalue weighted by Crippen LogP contribution is -2.63. The average molecular weight is 853 g/mol. The van der Waals surface area contributed by atoms with Gasteiger partial charge in [0.1, 0.15) is 11.1 Å². The molecule has 8 bridgehead atoms. The van der Waals surface area contributed by atoms with Crippen molar-refractivity contribution in [3.05, 3.63) is 264 Å². The zero-order valence-electron chi connectivity index (χ0n) is 36.6. The molecule has 2 N–H and O–H groups in total. The van der Waals surface area contributed by atoms with Gasteiger partial charge in [0, 0.05) is 70.1 Å². The number of aromatic amines is 2. The fourth-order valence-corrected chi connectivity index (χ4v) is 10.7. The Kier molecular flexibility index (Phi) is 9.97. The quantitative estimate of drug-likeness (QED) is 0.144. The van der Waals surface area contributed by atoms with Crippen molar-refractivity contribution in [3.8, 4) is 22.5 Å². The van der Waals surface area contributed by atoms with Crippen LogP contribution >= 0.6 is 0 Å². The molecule has 6 nitrogen and oxygen atoms in total. The summed E-state index contributed by atoms with van der Waals surface area (Å²) in [7, 11) is 0. The van der Waals surface area contributed by atoms with E-state index >= 15 is 0 Å². The van der Waals surface area contributed by atoms with Crippen molar-refractivity contribution < 1.29 is 0 Å². The van der Waals surface area contributed by atoms with Crippen LogP contribution < -0.4 is 0 Å². The molecule has 9 aromatic rings. The molecular weight excluding hydrogens is 805 g/mol. The van der Waals surface area contributed by atoms with Crippen LogP contribution in [0.3, 0.4) is 0 Å². The first-order valence-electron chi connectivity index (χ1n) is 22.9. The van der Waals surface area contributed by atoms with Gasteiger partial charge in [0.05, 0.1) is 22.8 Å². The number of nitrogens with zero attached hydrogens (tertiary/aromatic N) is 4. The first-order valence-corrected chi connectivity index (χ1v) is 22.9. The summed E-state index contributed by atoms with van der Waals surface area (Å²) in [6.45, 7) is 2.69. The number of hydrogen-bond acceptors (Lipinski definition) is 4. The highest BCUT2D eigenvalue weighted by Gasteiger charge is 2.63. The molecule has 0 saturated carbocycles. The minimum absolute atomic E-state index is 0.671. The summed E-state index contributed by atoms with van der Waals surface area (Å²) >= 11 is 0. The molecule has 3 aromatic heterocycles. The Balaban J connectivity index is 1.22. The molecular formula is C60H48N6. The van der Waals surface area contributed by atoms with Crippen LogP contribution in [-0.2, 0) is 37.3 Å². The molecule has 0 amide bonds. The van der Waals surface area contributed by atoms with E-state index in [9.17, 15) is 0 Å². The van der Waals surface area contributed by atoms with Gasteiger partial charge in [-0.2, -0.15) is 0 Å². The van der Waals surface area contributed by atoms with Crippen LogP contribution in [0.5, 0.6) is 0 Å². The molecule has 2 aliphatic heterocycles. The van der Waals surface area contributed by atoms with Crippen LogP contribution in [0.15, 0.2) is 231 Å². The van der Waals surface area contributed by atoms with Crippen LogP contribution in [-0.4, -0.2) is 29.7 Å². The third-order valence-corrected chi connectivity index (χ3v) is 13.6. The molecule has 6 aromatic carbocycles. The summed E-state index contributed by atoms with van der Waals surface area (Å²) in [6.07, 6.45) is 9.37. The minimum Gasteiger partial charge on any atom is -0.355 e. The zero-order chi connectivity index (χ0) is 43.9. The van der Waals surface area contributed by atoms with Gasteiger partial charge in [-0.15, -0.1) is 0 Å². The van der Waals surface area contributed by atoms with Gasteiger partial charge in [-0.05, 0) is 58.7 Å². The molecule has 66 heavy (non-hydrogen) atoms. The first-order chi connectivity index (χ1) is 32.6. The molecule has 5 heterocycles. The summed E-state index contributed by atoms with van der Waals surface area (Å²) in [5.41, 5.74) is 13.2. The number of hydrogen-bond donors (Lipinski definition) is 2. The van der Waals surface area contributed by atoms with Crippen molar-refractivity contribution in [1.29, 1.82) is 0 Å². The minimum atomic E-state index is -0.841. The number of H-pyrrole nitrogens is 2. The largest absolute Gasteiger partial charge is 0.355 e. The number of fused-ring (bicyclic) bond motifs is 17. The van der Waals surface area contributed by atoms with Gasteiger partial charge in [0.15, 0.2) is 0 Å². The summed E-state index contributed by atoms with van der Waals surface area (Å²) in [4.78, 5) is 24.4. The summed E-state index contributed by atoms with van der Waals surface area (Å²) in [5.74, 6) is 0. The van der Waals surface area contributed by atoms with E-state index in [1.165, 1.54) is 22.3 Å². The topological polar surface area (TPSA) is 63.8 Å². The second-order valence-corrected chi connectivity index (χ2v) is 17.7. The van der Waals surface area contributed by atoms with Crippen LogP contribution in [0, 0.1) is 0 Å². The van der Waals surface area contributed by atoms with E-state index < -0.39 is 11.1 Å². The highest BCUT2D eigenvalue weighted by atomic mass is 15.3. The van der Waals surface area contributed by atoms with Crippen LogP contribution in [0.25, 0.3) is 55.4 Å². The van der Waals surface area contributed by atoms with E-state index in [0.717, 1.165) is 66.7 Å². The Morgan fingerprint density at radius 3 is 1.24 bits per heavy atom. The fraction of sp³-hybridized carbons (Fsp3) is 0.100. The molecule has 0 fully saturated rings. The normalized spacial score (nSPS) is 17.3. The number of allylic oxidation sites excluding steroid dienone is 2. The summed E-state index contributed by atoms with van der Waals surface area (Å²) < 4.78 is 0. The smallest absolute Gasteiger partial charge is 0.111 e. The molecule has 12 rings (SSSR count). The van der Waals surface area contributed by atoms with E-state index in [1.54, 1.807) is 0 Å². The third-order valence-electron chi connectivity index (χ3n) is 13.6. The molecule has 0 spiro atoms. The molecule has 2 unspecified atom stereocenters. The van der Waals surface area contributed by atoms with E-state index in [2.05, 4.69) is 250 Å². The molecule has 0 saturated heterocycles. The van der Waals surface area contributed by atoms with E-state index in [0.29, 0.717) is 26.2 Å². The maximum Gasteiger partial charge on any atom is 0.111 e. The number of nitrogens with one attached hydrogen (secondary N) is 2. The second kappa shape index (κ2) is 16.6. The summed E-state index contributed by atoms with van der Waals surface area (Å²) in [5, 5.41) is 2.26. The molecule has 0 radical (unpaired) electrons. The average Bonchev–Trinajstić information content (AvgIpc) is 4.12. The van der Waals surface area contributed by atoms with Crippen LogP contribution in [0.2, 0.25) is 0 Å². The van der Waals surface area contributed by atoms with Crippen molar-refractivity contribution in [1.82, 2.24) is 29.7 Å². The Labute approximate surface area is 384 Å². The van der Waals surface area contributed by atoms with Crippen molar-refractivity contribution in [2.45, 2.75) is 37.3 Å². The molecule has 318 valence electrons. The van der Waals surface area contributed by atoms with Crippen LogP contribution in [0.1, 0.15) is 33.6 Å². The van der Waals surface area contributed by atoms with E-state index in [4.69, 9.17) is 9.97 Å². The lowest BCUT2D eigenvalue weighted by molar-refractivity contribution is -0.0417. The number of benzene rings is 6. The maximum absolute atomic E-state index is 6.01. The Morgan fingerprint density at radius 2 is 0.758 bits per heavy atom. The van der Waals surface area contributed by atoms with Gasteiger partial charge < -0.3 is 9.97 Å². The lowest BCUT2D eigenvalue weighted by atomic mass is 9.68. The van der Waals surface area contributed by atoms with Crippen molar-refractivity contribution in [2.24, 2.45) is 0 Å². The van der Waals surface area contributed by atoms with Crippen molar-refractivity contribution >= 4 is 32.8 Å². The van der Waals surface area contributed by atoms with Crippen molar-refractivity contribution in [2.75, 3.05) is 0 Å².